The van der Waals surface area contributed by atoms with E-state index in [9.17, 15) is 0 Å². The summed E-state index contributed by atoms with van der Waals surface area (Å²) in [6.07, 6.45) is 0. The molecular formula is C12H11Cl2N3O. The van der Waals surface area contributed by atoms with Gasteiger partial charge in [0.05, 0.1) is 17.8 Å². The molecule has 0 bridgehead atoms. The molecule has 0 aliphatic heterocycles. The molecule has 0 aliphatic carbocycles. The Hall–Kier alpha value is -1.52. The van der Waals surface area contributed by atoms with E-state index in [0.717, 1.165) is 0 Å². The summed E-state index contributed by atoms with van der Waals surface area (Å²) >= 11 is 12.0. The minimum atomic E-state index is 0.379. The van der Waals surface area contributed by atoms with Crippen molar-refractivity contribution in [2.45, 2.75) is 6.92 Å². The van der Waals surface area contributed by atoms with E-state index in [1.54, 1.807) is 38.3 Å². The number of aryl methyl sites for hydroxylation is 1. The van der Waals surface area contributed by atoms with Gasteiger partial charge in [-0.2, -0.15) is 0 Å². The van der Waals surface area contributed by atoms with Crippen LogP contribution in [0, 0.1) is 6.92 Å². The third-order valence-corrected chi connectivity index (χ3v) is 2.77. The number of aromatic nitrogens is 2. The van der Waals surface area contributed by atoms with E-state index < -0.39 is 0 Å². The van der Waals surface area contributed by atoms with Crippen molar-refractivity contribution < 1.29 is 4.74 Å². The van der Waals surface area contributed by atoms with Gasteiger partial charge in [0.15, 0.2) is 0 Å². The van der Waals surface area contributed by atoms with Crippen LogP contribution in [-0.2, 0) is 0 Å². The number of ether oxygens (including phenoxy) is 1. The maximum Gasteiger partial charge on any atom is 0.135 e. The van der Waals surface area contributed by atoms with Crippen LogP contribution in [0.2, 0.25) is 10.2 Å². The lowest BCUT2D eigenvalue weighted by molar-refractivity contribution is 0.415. The Kier molecular flexibility index (Phi) is 3.89. The molecule has 0 aliphatic rings. The molecule has 94 valence electrons. The SMILES string of the molecule is COc1ccc(Cl)c(Nc2cc(Cl)nc(C)n2)c1. The third-order valence-electron chi connectivity index (χ3n) is 2.24. The van der Waals surface area contributed by atoms with Gasteiger partial charge < -0.3 is 10.1 Å². The number of anilines is 2. The van der Waals surface area contributed by atoms with Crippen LogP contribution in [0.5, 0.6) is 5.75 Å². The molecule has 4 nitrogen and oxygen atoms in total. The van der Waals surface area contributed by atoms with Gasteiger partial charge in [0.25, 0.3) is 0 Å². The smallest absolute Gasteiger partial charge is 0.135 e. The summed E-state index contributed by atoms with van der Waals surface area (Å²) in [5.74, 6) is 1.88. The molecule has 0 saturated heterocycles. The molecule has 0 amide bonds. The van der Waals surface area contributed by atoms with Crippen molar-refractivity contribution in [1.82, 2.24) is 9.97 Å². The maximum absolute atomic E-state index is 6.09. The number of halogens is 2. The Labute approximate surface area is 115 Å². The summed E-state index contributed by atoms with van der Waals surface area (Å²) < 4.78 is 5.14. The first kappa shape index (κ1) is 12.9. The highest BCUT2D eigenvalue weighted by Gasteiger charge is 2.05. The van der Waals surface area contributed by atoms with Crippen molar-refractivity contribution in [2.75, 3.05) is 12.4 Å². The van der Waals surface area contributed by atoms with Gasteiger partial charge in [-0.1, -0.05) is 23.2 Å². The zero-order chi connectivity index (χ0) is 13.1. The summed E-state index contributed by atoms with van der Waals surface area (Å²) in [6.45, 7) is 1.77. The number of hydrogen-bond acceptors (Lipinski definition) is 4. The fraction of sp³-hybridized carbons (Fsp3) is 0.167. The second-order valence-electron chi connectivity index (χ2n) is 3.59. The quantitative estimate of drug-likeness (QED) is 0.870. The number of methoxy groups -OCH3 is 1. The largest absolute Gasteiger partial charge is 0.497 e. The van der Waals surface area contributed by atoms with Crippen molar-refractivity contribution in [3.8, 4) is 5.75 Å². The highest BCUT2D eigenvalue weighted by molar-refractivity contribution is 6.33. The molecule has 2 aromatic rings. The van der Waals surface area contributed by atoms with Crippen LogP contribution in [0.4, 0.5) is 11.5 Å². The van der Waals surface area contributed by atoms with Crippen molar-refractivity contribution >= 4 is 34.7 Å². The molecule has 1 heterocycles. The second kappa shape index (κ2) is 5.42. The predicted molar refractivity (Wildman–Crippen MR) is 73.1 cm³/mol. The van der Waals surface area contributed by atoms with E-state index in [1.165, 1.54) is 0 Å². The van der Waals surface area contributed by atoms with E-state index in [2.05, 4.69) is 15.3 Å². The Morgan fingerprint density at radius 2 is 1.94 bits per heavy atom. The molecular weight excluding hydrogens is 273 g/mol. The molecule has 1 N–H and O–H groups in total. The first-order valence-corrected chi connectivity index (χ1v) is 5.96. The van der Waals surface area contributed by atoms with Gasteiger partial charge in [-0.25, -0.2) is 9.97 Å². The first-order valence-electron chi connectivity index (χ1n) is 5.20. The Balaban J connectivity index is 2.33. The fourth-order valence-electron chi connectivity index (χ4n) is 1.46. The van der Waals surface area contributed by atoms with E-state index in [0.29, 0.717) is 33.3 Å². The van der Waals surface area contributed by atoms with Crippen molar-refractivity contribution in [2.24, 2.45) is 0 Å². The zero-order valence-electron chi connectivity index (χ0n) is 9.87. The summed E-state index contributed by atoms with van der Waals surface area (Å²) in [4.78, 5) is 8.21. The number of hydrogen-bond donors (Lipinski definition) is 1. The van der Waals surface area contributed by atoms with Crippen molar-refractivity contribution in [1.29, 1.82) is 0 Å². The topological polar surface area (TPSA) is 47.0 Å². The van der Waals surface area contributed by atoms with E-state index in [1.807, 2.05) is 0 Å². The van der Waals surface area contributed by atoms with Gasteiger partial charge in [0.1, 0.15) is 22.5 Å². The monoisotopic (exact) mass is 283 g/mol. The highest BCUT2D eigenvalue weighted by Crippen LogP contribution is 2.29. The normalized spacial score (nSPS) is 10.2. The molecule has 0 unspecified atom stereocenters. The lowest BCUT2D eigenvalue weighted by Gasteiger charge is -2.10. The number of nitrogens with one attached hydrogen (secondary N) is 1. The lowest BCUT2D eigenvalue weighted by atomic mass is 10.3. The van der Waals surface area contributed by atoms with Crippen LogP contribution in [-0.4, -0.2) is 17.1 Å². The lowest BCUT2D eigenvalue weighted by Crippen LogP contribution is -1.98. The second-order valence-corrected chi connectivity index (χ2v) is 4.39. The molecule has 6 heteroatoms. The summed E-state index contributed by atoms with van der Waals surface area (Å²) in [5, 5.41) is 4.03. The Morgan fingerprint density at radius 1 is 1.17 bits per heavy atom. The van der Waals surface area contributed by atoms with Crippen LogP contribution in [0.3, 0.4) is 0 Å². The fourth-order valence-corrected chi connectivity index (χ4v) is 1.85. The number of benzene rings is 1. The maximum atomic E-state index is 6.09. The van der Waals surface area contributed by atoms with E-state index in [-0.39, 0.29) is 0 Å². The van der Waals surface area contributed by atoms with Crippen LogP contribution in [0.15, 0.2) is 24.3 Å². The first-order chi connectivity index (χ1) is 8.58. The molecule has 0 fully saturated rings. The third kappa shape index (κ3) is 3.03. The molecule has 0 atom stereocenters. The van der Waals surface area contributed by atoms with E-state index in [4.69, 9.17) is 27.9 Å². The predicted octanol–water partition coefficient (Wildman–Crippen LogP) is 3.84. The molecule has 0 saturated carbocycles. The Morgan fingerprint density at radius 3 is 2.61 bits per heavy atom. The average molecular weight is 284 g/mol. The summed E-state index contributed by atoms with van der Waals surface area (Å²) in [5.41, 5.74) is 0.699. The molecule has 0 radical (unpaired) electrons. The Bertz CT molecular complexity index is 555. The molecule has 0 spiro atoms. The van der Waals surface area contributed by atoms with Crippen LogP contribution in [0.25, 0.3) is 0 Å². The minimum absolute atomic E-state index is 0.379. The summed E-state index contributed by atoms with van der Waals surface area (Å²) in [7, 11) is 1.60. The minimum Gasteiger partial charge on any atom is -0.497 e. The van der Waals surface area contributed by atoms with Crippen molar-refractivity contribution in [3.05, 3.63) is 40.3 Å². The van der Waals surface area contributed by atoms with Crippen LogP contribution < -0.4 is 10.1 Å². The molecule has 1 aromatic carbocycles. The van der Waals surface area contributed by atoms with Crippen molar-refractivity contribution in [3.63, 3.8) is 0 Å². The van der Waals surface area contributed by atoms with Crippen LogP contribution in [0.1, 0.15) is 5.82 Å². The number of rotatable bonds is 3. The summed E-state index contributed by atoms with van der Waals surface area (Å²) in [6, 6.07) is 6.95. The van der Waals surface area contributed by atoms with Gasteiger partial charge in [-0.15, -0.1) is 0 Å². The van der Waals surface area contributed by atoms with Gasteiger partial charge in [0, 0.05) is 12.1 Å². The zero-order valence-corrected chi connectivity index (χ0v) is 11.4. The molecule has 18 heavy (non-hydrogen) atoms. The van der Waals surface area contributed by atoms with Gasteiger partial charge >= 0.3 is 0 Å². The standard InChI is InChI=1S/C12H11Cl2N3O/c1-7-15-11(14)6-12(16-7)17-10-5-8(18-2)3-4-9(10)13/h3-6H,1-2H3,(H,15,16,17). The van der Waals surface area contributed by atoms with Gasteiger partial charge in [-0.3, -0.25) is 0 Å². The van der Waals surface area contributed by atoms with Crippen LogP contribution >= 0.6 is 23.2 Å². The molecule has 1 aromatic heterocycles. The highest BCUT2D eigenvalue weighted by atomic mass is 35.5. The number of nitrogens with zero attached hydrogens (tertiary/aromatic N) is 2. The van der Waals surface area contributed by atoms with E-state index >= 15 is 0 Å². The molecule has 2 rings (SSSR count). The van der Waals surface area contributed by atoms with Gasteiger partial charge in [-0.05, 0) is 19.1 Å². The average Bonchev–Trinajstić information content (AvgIpc) is 2.30. The van der Waals surface area contributed by atoms with Gasteiger partial charge in [0.2, 0.25) is 0 Å².